The van der Waals surface area contributed by atoms with Gasteiger partial charge in [-0.3, -0.25) is 19.9 Å². The van der Waals surface area contributed by atoms with Crippen molar-refractivity contribution < 1.29 is 9.18 Å². The molecule has 0 unspecified atom stereocenters. The van der Waals surface area contributed by atoms with E-state index >= 15 is 0 Å². The molecule has 0 saturated heterocycles. The number of amides is 1. The van der Waals surface area contributed by atoms with Gasteiger partial charge in [0.2, 0.25) is 5.91 Å². The maximum Gasteiger partial charge on any atom is 0.224 e. The first-order chi connectivity index (χ1) is 18.7. The minimum Gasteiger partial charge on any atom is -0.335 e. The van der Waals surface area contributed by atoms with Gasteiger partial charge >= 0.3 is 0 Å². The van der Waals surface area contributed by atoms with Crippen LogP contribution >= 0.6 is 0 Å². The molecule has 0 aliphatic heterocycles. The third-order valence-electron chi connectivity index (χ3n) is 6.24. The number of carbonyl (C=O) groups is 1. The van der Waals surface area contributed by atoms with Gasteiger partial charge in [0.25, 0.3) is 0 Å². The van der Waals surface area contributed by atoms with Crippen LogP contribution in [0.3, 0.4) is 0 Å². The Morgan fingerprint density at radius 1 is 0.949 bits per heavy atom. The van der Waals surface area contributed by atoms with Gasteiger partial charge in [0.15, 0.2) is 11.5 Å². The molecule has 0 atom stereocenters. The van der Waals surface area contributed by atoms with Gasteiger partial charge in [0.05, 0.1) is 34.5 Å². The second kappa shape index (κ2) is 9.39. The Balaban J connectivity index is 1.36. The van der Waals surface area contributed by atoms with Crippen LogP contribution in [0.1, 0.15) is 27.2 Å². The van der Waals surface area contributed by atoms with E-state index in [1.165, 1.54) is 12.1 Å². The van der Waals surface area contributed by atoms with E-state index in [0.29, 0.717) is 34.8 Å². The van der Waals surface area contributed by atoms with Gasteiger partial charge in [0.1, 0.15) is 11.5 Å². The normalized spacial score (nSPS) is 11.8. The summed E-state index contributed by atoms with van der Waals surface area (Å²) < 4.78 is 13.5. The molecule has 3 N–H and O–H groups in total. The van der Waals surface area contributed by atoms with Gasteiger partial charge in [-0.25, -0.2) is 14.4 Å². The molecular weight excluding hydrogens is 495 g/mol. The van der Waals surface area contributed by atoms with Crippen molar-refractivity contribution in [3.8, 4) is 33.8 Å². The minimum absolute atomic E-state index is 0.0634. The van der Waals surface area contributed by atoms with E-state index in [2.05, 4.69) is 35.5 Å². The van der Waals surface area contributed by atoms with Crippen LogP contribution in [-0.4, -0.2) is 41.0 Å². The van der Waals surface area contributed by atoms with Crippen LogP contribution < -0.4 is 5.32 Å². The van der Waals surface area contributed by atoms with Crippen LogP contribution in [-0.2, 0) is 4.79 Å². The van der Waals surface area contributed by atoms with E-state index in [4.69, 9.17) is 4.98 Å². The molecule has 0 bridgehead atoms. The Hall–Kier alpha value is -4.99. The Bertz CT molecular complexity index is 1830. The number of nitrogens with one attached hydrogen (secondary N) is 3. The molecule has 0 fully saturated rings. The van der Waals surface area contributed by atoms with Gasteiger partial charge in [-0.2, -0.15) is 5.10 Å². The lowest BCUT2D eigenvalue weighted by molar-refractivity contribution is -0.117. The monoisotopic (exact) mass is 520 g/mol. The Morgan fingerprint density at radius 2 is 1.72 bits per heavy atom. The Labute approximate surface area is 223 Å². The first-order valence-corrected chi connectivity index (χ1v) is 12.4. The van der Waals surface area contributed by atoms with Crippen LogP contribution in [0.25, 0.3) is 55.8 Å². The molecule has 5 heterocycles. The number of pyridine rings is 3. The molecule has 9 nitrogen and oxygen atoms in total. The molecule has 39 heavy (non-hydrogen) atoms. The van der Waals surface area contributed by atoms with E-state index in [1.807, 2.05) is 32.9 Å². The number of hydrogen-bond donors (Lipinski definition) is 3. The first-order valence-electron chi connectivity index (χ1n) is 12.4. The molecule has 0 aliphatic rings. The number of aromatic nitrogens is 7. The van der Waals surface area contributed by atoms with E-state index in [9.17, 15) is 9.18 Å². The van der Waals surface area contributed by atoms with Gasteiger partial charge in [0, 0.05) is 41.7 Å². The smallest absolute Gasteiger partial charge is 0.224 e. The van der Waals surface area contributed by atoms with Crippen LogP contribution in [0.5, 0.6) is 0 Å². The molecule has 0 saturated carbocycles. The number of halogens is 1. The fraction of sp³-hybridized carbons (Fsp3) is 0.172. The highest BCUT2D eigenvalue weighted by Gasteiger charge is 2.18. The van der Waals surface area contributed by atoms with Crippen molar-refractivity contribution in [3.05, 3.63) is 73.2 Å². The molecule has 1 amide bonds. The average Bonchev–Trinajstić information content (AvgIpc) is 3.52. The van der Waals surface area contributed by atoms with Gasteiger partial charge < -0.3 is 10.3 Å². The van der Waals surface area contributed by atoms with Gasteiger partial charge in [-0.1, -0.05) is 32.9 Å². The number of imidazole rings is 1. The van der Waals surface area contributed by atoms with Crippen molar-refractivity contribution in [2.24, 2.45) is 5.41 Å². The summed E-state index contributed by atoms with van der Waals surface area (Å²) >= 11 is 0. The molecule has 10 heteroatoms. The maximum atomic E-state index is 13.5. The highest BCUT2D eigenvalue weighted by molar-refractivity contribution is 5.97. The topological polar surface area (TPSA) is 125 Å². The van der Waals surface area contributed by atoms with Gasteiger partial charge in [-0.05, 0) is 35.2 Å². The quantitative estimate of drug-likeness (QED) is 0.251. The maximum absolute atomic E-state index is 13.5. The zero-order chi connectivity index (χ0) is 27.1. The van der Waals surface area contributed by atoms with Crippen molar-refractivity contribution in [1.82, 2.24) is 35.1 Å². The number of aromatic amines is 2. The summed E-state index contributed by atoms with van der Waals surface area (Å²) in [5, 5.41) is 11.1. The first kappa shape index (κ1) is 24.4. The number of H-pyrrole nitrogens is 2. The molecule has 194 valence electrons. The Morgan fingerprint density at radius 3 is 2.51 bits per heavy atom. The van der Waals surface area contributed by atoms with Gasteiger partial charge in [-0.15, -0.1) is 0 Å². The van der Waals surface area contributed by atoms with Crippen LogP contribution in [0.2, 0.25) is 0 Å². The second-order valence-corrected chi connectivity index (χ2v) is 10.6. The number of anilines is 1. The third kappa shape index (κ3) is 4.96. The van der Waals surface area contributed by atoms with E-state index < -0.39 is 0 Å². The molecule has 0 aliphatic carbocycles. The molecule has 6 rings (SSSR count). The van der Waals surface area contributed by atoms with Crippen molar-refractivity contribution in [1.29, 1.82) is 0 Å². The molecule has 0 spiro atoms. The zero-order valence-corrected chi connectivity index (χ0v) is 21.6. The second-order valence-electron chi connectivity index (χ2n) is 10.6. The number of hydrogen-bond acceptors (Lipinski definition) is 6. The zero-order valence-electron chi connectivity index (χ0n) is 21.6. The predicted molar refractivity (Wildman–Crippen MR) is 148 cm³/mol. The molecule has 1 aromatic carbocycles. The van der Waals surface area contributed by atoms with Crippen molar-refractivity contribution in [2.45, 2.75) is 27.2 Å². The number of nitrogens with zero attached hydrogens (tertiary/aromatic N) is 5. The number of fused-ring (bicyclic) bond motifs is 2. The number of carbonyl (C=O) groups excluding carboxylic acids is 1. The fourth-order valence-corrected chi connectivity index (χ4v) is 4.48. The molecular formula is C29H25FN8O. The van der Waals surface area contributed by atoms with Crippen LogP contribution in [0.15, 0.2) is 67.4 Å². The summed E-state index contributed by atoms with van der Waals surface area (Å²) in [6.45, 7) is 6.06. The highest BCUT2D eigenvalue weighted by Crippen LogP contribution is 2.32. The fourth-order valence-electron chi connectivity index (χ4n) is 4.48. The summed E-state index contributed by atoms with van der Waals surface area (Å²) in [5.41, 5.74) is 6.35. The summed E-state index contributed by atoms with van der Waals surface area (Å²) in [7, 11) is 0. The summed E-state index contributed by atoms with van der Waals surface area (Å²) in [5.74, 6) is 0.181. The predicted octanol–water partition coefficient (Wildman–Crippen LogP) is 6.14. The molecule has 0 radical (unpaired) electrons. The third-order valence-corrected chi connectivity index (χ3v) is 6.24. The summed E-state index contributed by atoms with van der Waals surface area (Å²) in [6.07, 6.45) is 8.89. The van der Waals surface area contributed by atoms with Crippen molar-refractivity contribution in [3.63, 3.8) is 0 Å². The standard InChI is InChI=1S/C29H25FN8O/c1-29(2,3)10-24(39)34-20-8-17(11-31-13-20)18-9-21-26(37-38-27(21)33-12-18)28-35-23-15-32-14-22(25(23)36-28)16-4-6-19(30)7-5-16/h4-9,11-15H,10H2,1-3H3,(H,34,39)(H,35,36)(H,33,37,38). The van der Waals surface area contributed by atoms with E-state index in [-0.39, 0.29) is 17.1 Å². The van der Waals surface area contributed by atoms with Crippen molar-refractivity contribution >= 4 is 33.7 Å². The average molecular weight is 521 g/mol. The lowest BCUT2D eigenvalue weighted by Crippen LogP contribution is -2.19. The largest absolute Gasteiger partial charge is 0.335 e. The lowest BCUT2D eigenvalue weighted by Gasteiger charge is -2.17. The van der Waals surface area contributed by atoms with Crippen LogP contribution in [0, 0.1) is 11.2 Å². The summed E-state index contributed by atoms with van der Waals surface area (Å²) in [4.78, 5) is 33.7. The van der Waals surface area contributed by atoms with E-state index in [1.54, 1.807) is 43.1 Å². The SMILES string of the molecule is CC(C)(C)CC(=O)Nc1cncc(-c2cnc3[nH]nc(-c4nc5c(-c6ccc(F)cc6)cncc5[nH]4)c3c2)c1. The molecule has 5 aromatic heterocycles. The number of rotatable bonds is 5. The Kier molecular flexibility index (Phi) is 5.86. The lowest BCUT2D eigenvalue weighted by atomic mass is 9.92. The van der Waals surface area contributed by atoms with Crippen molar-refractivity contribution in [2.75, 3.05) is 5.32 Å². The summed E-state index contributed by atoms with van der Waals surface area (Å²) in [6, 6.07) is 10.1. The highest BCUT2D eigenvalue weighted by atomic mass is 19.1. The number of benzene rings is 1. The minimum atomic E-state index is -0.305. The van der Waals surface area contributed by atoms with E-state index in [0.717, 1.165) is 33.2 Å². The van der Waals surface area contributed by atoms with Crippen LogP contribution in [0.4, 0.5) is 10.1 Å². The molecule has 6 aromatic rings.